The predicted octanol–water partition coefficient (Wildman–Crippen LogP) is 2.13. The van der Waals surface area contributed by atoms with Crippen LogP contribution in [0.15, 0.2) is 48.7 Å². The van der Waals surface area contributed by atoms with Crippen molar-refractivity contribution in [2.45, 2.75) is 12.5 Å². The van der Waals surface area contributed by atoms with Crippen molar-refractivity contribution in [2.24, 2.45) is 0 Å². The molecule has 1 atom stereocenters. The first-order valence-electron chi connectivity index (χ1n) is 5.58. The van der Waals surface area contributed by atoms with Crippen LogP contribution in [0.4, 0.5) is 5.69 Å². The van der Waals surface area contributed by atoms with Crippen molar-refractivity contribution in [1.29, 1.82) is 0 Å². The minimum absolute atomic E-state index is 0.00167. The maximum absolute atomic E-state index is 12.2. The van der Waals surface area contributed by atoms with E-state index in [1.807, 2.05) is 30.3 Å². The molecule has 0 saturated heterocycles. The zero-order chi connectivity index (χ0) is 11.7. The first-order valence-corrected chi connectivity index (χ1v) is 5.58. The van der Waals surface area contributed by atoms with E-state index in [2.05, 4.69) is 10.3 Å². The van der Waals surface area contributed by atoms with E-state index in [1.54, 1.807) is 18.3 Å². The summed E-state index contributed by atoms with van der Waals surface area (Å²) in [7, 11) is 0. The van der Waals surface area contributed by atoms with Crippen LogP contribution in [-0.4, -0.2) is 16.8 Å². The lowest BCUT2D eigenvalue weighted by Gasteiger charge is -2.06. The van der Waals surface area contributed by atoms with E-state index in [1.165, 1.54) is 0 Å². The van der Waals surface area contributed by atoms with Crippen LogP contribution in [-0.2, 0) is 6.42 Å². The molecule has 1 aliphatic rings. The van der Waals surface area contributed by atoms with Crippen LogP contribution in [0.3, 0.4) is 0 Å². The maximum Gasteiger partial charge on any atom is 0.205 e. The molecule has 0 fully saturated rings. The Labute approximate surface area is 99.5 Å². The SMILES string of the molecule is O=C(c1ccccn1)C1Cc2ccccc2[N]1. The Balaban J connectivity index is 1.84. The molecule has 0 amide bonds. The summed E-state index contributed by atoms with van der Waals surface area (Å²) >= 11 is 0. The molecule has 3 heteroatoms. The molecule has 2 aromatic rings. The molecule has 0 bridgehead atoms. The first-order chi connectivity index (χ1) is 8.34. The summed E-state index contributed by atoms with van der Waals surface area (Å²) in [6, 6.07) is 12.9. The molecule has 0 N–H and O–H groups in total. The molecule has 1 unspecified atom stereocenters. The highest BCUT2D eigenvalue weighted by Crippen LogP contribution is 2.26. The van der Waals surface area contributed by atoms with E-state index in [0.29, 0.717) is 12.1 Å². The summed E-state index contributed by atoms with van der Waals surface area (Å²) in [5.74, 6) is 0.00167. The van der Waals surface area contributed by atoms with Crippen LogP contribution in [0.25, 0.3) is 0 Å². The molecule has 0 aliphatic carbocycles. The summed E-state index contributed by atoms with van der Waals surface area (Å²) in [5.41, 5.74) is 2.57. The third-order valence-electron chi connectivity index (χ3n) is 2.92. The highest BCUT2D eigenvalue weighted by molar-refractivity contribution is 5.99. The second-order valence-corrected chi connectivity index (χ2v) is 4.06. The number of pyridine rings is 1. The summed E-state index contributed by atoms with van der Waals surface area (Å²) in [6.07, 6.45) is 2.32. The molecule has 1 aliphatic heterocycles. The number of hydrogen-bond acceptors (Lipinski definition) is 2. The number of carbonyl (C=O) groups excluding carboxylic acids is 1. The third-order valence-corrected chi connectivity index (χ3v) is 2.92. The summed E-state index contributed by atoms with van der Waals surface area (Å²) in [4.78, 5) is 16.2. The Morgan fingerprint density at radius 2 is 1.94 bits per heavy atom. The highest BCUT2D eigenvalue weighted by Gasteiger charge is 2.29. The predicted molar refractivity (Wildman–Crippen MR) is 64.3 cm³/mol. The number of aromatic nitrogens is 1. The summed E-state index contributed by atoms with van der Waals surface area (Å²) < 4.78 is 0. The Bertz CT molecular complexity index is 526. The number of carbonyl (C=O) groups is 1. The molecule has 0 spiro atoms. The van der Waals surface area contributed by atoms with Crippen LogP contribution < -0.4 is 5.32 Å². The Kier molecular flexibility index (Phi) is 2.37. The van der Waals surface area contributed by atoms with Gasteiger partial charge in [-0.25, -0.2) is 0 Å². The molecule has 3 nitrogen and oxygen atoms in total. The van der Waals surface area contributed by atoms with Crippen LogP contribution in [0.2, 0.25) is 0 Å². The number of para-hydroxylation sites is 1. The first kappa shape index (κ1) is 10.0. The summed E-state index contributed by atoms with van der Waals surface area (Å²) in [6.45, 7) is 0. The Morgan fingerprint density at radius 3 is 2.71 bits per heavy atom. The van der Waals surface area contributed by atoms with E-state index in [4.69, 9.17) is 0 Å². The van der Waals surface area contributed by atoms with Crippen molar-refractivity contribution in [1.82, 2.24) is 10.3 Å². The molecule has 1 aromatic heterocycles. The molecule has 83 valence electrons. The average Bonchev–Trinajstić information content (AvgIpc) is 2.82. The van der Waals surface area contributed by atoms with E-state index < -0.39 is 0 Å². The van der Waals surface area contributed by atoms with Gasteiger partial charge in [0, 0.05) is 12.6 Å². The van der Waals surface area contributed by atoms with Gasteiger partial charge in [-0.2, -0.15) is 0 Å². The van der Waals surface area contributed by atoms with Gasteiger partial charge in [-0.05, 0) is 23.8 Å². The number of nitrogens with zero attached hydrogens (tertiary/aromatic N) is 2. The second-order valence-electron chi connectivity index (χ2n) is 4.06. The highest BCUT2D eigenvalue weighted by atomic mass is 16.1. The van der Waals surface area contributed by atoms with Gasteiger partial charge in [0.1, 0.15) is 11.7 Å². The number of benzene rings is 1. The van der Waals surface area contributed by atoms with Crippen LogP contribution in [0.1, 0.15) is 16.1 Å². The number of rotatable bonds is 2. The molecule has 1 radical (unpaired) electrons. The molecule has 3 rings (SSSR count). The molecular formula is C14H11N2O. The fraction of sp³-hybridized carbons (Fsp3) is 0.143. The van der Waals surface area contributed by atoms with Crippen molar-refractivity contribution < 1.29 is 4.79 Å². The minimum atomic E-state index is -0.303. The number of Topliss-reactive ketones (excluding diaryl/α,β-unsaturated/α-hetero) is 1. The van der Waals surface area contributed by atoms with Gasteiger partial charge in [0.15, 0.2) is 0 Å². The van der Waals surface area contributed by atoms with Gasteiger partial charge in [0.25, 0.3) is 0 Å². The third kappa shape index (κ3) is 1.80. The van der Waals surface area contributed by atoms with E-state index in [-0.39, 0.29) is 11.8 Å². The topological polar surface area (TPSA) is 44.1 Å². The van der Waals surface area contributed by atoms with Crippen molar-refractivity contribution in [3.8, 4) is 0 Å². The Morgan fingerprint density at radius 1 is 1.12 bits per heavy atom. The fourth-order valence-electron chi connectivity index (χ4n) is 2.06. The van der Waals surface area contributed by atoms with Gasteiger partial charge in [0.05, 0.1) is 5.69 Å². The van der Waals surface area contributed by atoms with E-state index in [9.17, 15) is 4.79 Å². The van der Waals surface area contributed by atoms with E-state index in [0.717, 1.165) is 11.3 Å². The molecular weight excluding hydrogens is 212 g/mol. The lowest BCUT2D eigenvalue weighted by atomic mass is 10.0. The molecule has 17 heavy (non-hydrogen) atoms. The monoisotopic (exact) mass is 223 g/mol. The van der Waals surface area contributed by atoms with Crippen LogP contribution in [0.5, 0.6) is 0 Å². The van der Waals surface area contributed by atoms with Gasteiger partial charge >= 0.3 is 0 Å². The fourth-order valence-corrected chi connectivity index (χ4v) is 2.06. The van der Waals surface area contributed by atoms with Crippen molar-refractivity contribution in [3.05, 3.63) is 59.9 Å². The number of hydrogen-bond donors (Lipinski definition) is 0. The van der Waals surface area contributed by atoms with Gasteiger partial charge in [-0.15, -0.1) is 0 Å². The van der Waals surface area contributed by atoms with Crippen LogP contribution in [0, 0.1) is 0 Å². The zero-order valence-electron chi connectivity index (χ0n) is 9.21. The molecule has 0 saturated carbocycles. The molecule has 1 aromatic carbocycles. The van der Waals surface area contributed by atoms with Crippen LogP contribution >= 0.6 is 0 Å². The smallest absolute Gasteiger partial charge is 0.205 e. The van der Waals surface area contributed by atoms with Gasteiger partial charge in [0.2, 0.25) is 5.78 Å². The van der Waals surface area contributed by atoms with Gasteiger partial charge in [-0.3, -0.25) is 15.1 Å². The Hall–Kier alpha value is -2.16. The minimum Gasteiger partial charge on any atom is -0.290 e. The second kappa shape index (κ2) is 4.01. The standard InChI is InChI=1S/C14H11N2O/c17-14(12-7-3-4-8-15-12)13-9-10-5-1-2-6-11(10)16-13/h1-8,13H,9H2. The van der Waals surface area contributed by atoms with Gasteiger partial charge in [-0.1, -0.05) is 24.3 Å². The number of fused-ring (bicyclic) bond motifs is 1. The van der Waals surface area contributed by atoms with E-state index >= 15 is 0 Å². The lowest BCUT2D eigenvalue weighted by molar-refractivity contribution is 0.0948. The number of ketones is 1. The van der Waals surface area contributed by atoms with Crippen molar-refractivity contribution in [2.75, 3.05) is 0 Å². The normalized spacial score (nSPS) is 17.3. The quantitative estimate of drug-likeness (QED) is 0.732. The maximum atomic E-state index is 12.2. The zero-order valence-corrected chi connectivity index (χ0v) is 9.21. The molecule has 2 heterocycles. The lowest BCUT2D eigenvalue weighted by Crippen LogP contribution is -2.27. The largest absolute Gasteiger partial charge is 0.290 e. The average molecular weight is 223 g/mol. The van der Waals surface area contributed by atoms with Crippen molar-refractivity contribution in [3.63, 3.8) is 0 Å². The summed E-state index contributed by atoms with van der Waals surface area (Å²) in [5, 5.41) is 4.44. The van der Waals surface area contributed by atoms with Crippen molar-refractivity contribution >= 4 is 11.5 Å². The van der Waals surface area contributed by atoms with Gasteiger partial charge < -0.3 is 0 Å².